The molecule has 0 atom stereocenters. The van der Waals surface area contributed by atoms with Gasteiger partial charge in [0, 0.05) is 17.9 Å². The highest BCUT2D eigenvalue weighted by molar-refractivity contribution is 8.01. The van der Waals surface area contributed by atoms with Crippen LogP contribution in [0.4, 0.5) is 0 Å². The lowest BCUT2D eigenvalue weighted by molar-refractivity contribution is 0.0952. The molecule has 1 heterocycles. The highest BCUT2D eigenvalue weighted by Gasteiger charge is 2.15. The molecule has 0 aliphatic heterocycles. The molecule has 23 heavy (non-hydrogen) atoms. The third kappa shape index (κ3) is 4.54. The Bertz CT molecular complexity index is 684. The zero-order valence-electron chi connectivity index (χ0n) is 14.3. The summed E-state index contributed by atoms with van der Waals surface area (Å²) in [5.74, 6) is 0.961. The molecule has 0 aliphatic carbocycles. The van der Waals surface area contributed by atoms with Gasteiger partial charge in [-0.15, -0.1) is 10.2 Å². The molecule has 0 radical (unpaired) electrons. The molecule has 1 aromatic heterocycles. The molecular weight excluding hydrogens is 326 g/mol. The van der Waals surface area contributed by atoms with Gasteiger partial charge in [-0.25, -0.2) is 0 Å². The fourth-order valence-electron chi connectivity index (χ4n) is 2.42. The Labute approximate surface area is 146 Å². The van der Waals surface area contributed by atoms with Crippen LogP contribution in [-0.2, 0) is 0 Å². The van der Waals surface area contributed by atoms with E-state index in [9.17, 15) is 4.79 Å². The molecular formula is C17H23N3OS2. The molecule has 0 bridgehead atoms. The van der Waals surface area contributed by atoms with E-state index < -0.39 is 0 Å². The number of benzene rings is 1. The number of carbonyl (C=O) groups excluding carboxylic acids is 1. The minimum atomic E-state index is 0.0311. The number of nitrogens with one attached hydrogen (secondary N) is 1. The summed E-state index contributed by atoms with van der Waals surface area (Å²) in [5, 5.41) is 12.1. The van der Waals surface area contributed by atoms with E-state index in [1.807, 2.05) is 20.8 Å². The molecule has 1 amide bonds. The number of aryl methyl sites for hydroxylation is 3. The first kappa shape index (κ1) is 17.9. The van der Waals surface area contributed by atoms with E-state index in [1.165, 1.54) is 11.1 Å². The maximum Gasteiger partial charge on any atom is 0.251 e. The van der Waals surface area contributed by atoms with Crippen molar-refractivity contribution in [3.05, 3.63) is 38.9 Å². The highest BCUT2D eigenvalue weighted by atomic mass is 32.2. The van der Waals surface area contributed by atoms with Gasteiger partial charge in [-0.05, 0) is 63.3 Å². The maximum absolute atomic E-state index is 12.5. The molecule has 0 saturated carbocycles. The summed E-state index contributed by atoms with van der Waals surface area (Å²) in [5.41, 5.74) is 5.31. The predicted octanol–water partition coefficient (Wildman–Crippen LogP) is 3.99. The first-order chi connectivity index (χ1) is 10.9. The smallest absolute Gasteiger partial charge is 0.251 e. The average molecular weight is 350 g/mol. The summed E-state index contributed by atoms with van der Waals surface area (Å²) in [6, 6.07) is 2.14. The number of aromatic nitrogens is 2. The van der Waals surface area contributed by atoms with Crippen LogP contribution in [0.3, 0.4) is 0 Å². The topological polar surface area (TPSA) is 54.9 Å². The molecule has 0 spiro atoms. The van der Waals surface area contributed by atoms with E-state index in [4.69, 9.17) is 0 Å². The number of hydrogen-bond acceptors (Lipinski definition) is 5. The Morgan fingerprint density at radius 1 is 1.13 bits per heavy atom. The SMILES string of the molecule is Cc1nnc(SCCCNC(=O)c2c(C)c(C)cc(C)c2C)s1. The summed E-state index contributed by atoms with van der Waals surface area (Å²) < 4.78 is 0.995. The zero-order valence-corrected chi connectivity index (χ0v) is 16.0. The molecule has 2 rings (SSSR count). The number of rotatable bonds is 6. The number of hydrogen-bond donors (Lipinski definition) is 1. The molecule has 1 N–H and O–H groups in total. The lowest BCUT2D eigenvalue weighted by Crippen LogP contribution is -2.27. The first-order valence-electron chi connectivity index (χ1n) is 7.68. The molecule has 0 aliphatic rings. The normalized spacial score (nSPS) is 10.8. The molecule has 0 unspecified atom stereocenters. The molecule has 2 aromatic rings. The number of nitrogens with zero attached hydrogens (tertiary/aromatic N) is 2. The molecule has 1 aromatic carbocycles. The Kier molecular flexibility index (Phi) is 6.18. The van der Waals surface area contributed by atoms with Crippen molar-refractivity contribution in [3.8, 4) is 0 Å². The summed E-state index contributed by atoms with van der Waals surface area (Å²) >= 11 is 3.30. The van der Waals surface area contributed by atoms with Crippen LogP contribution in [0.2, 0.25) is 0 Å². The van der Waals surface area contributed by atoms with E-state index >= 15 is 0 Å². The molecule has 0 fully saturated rings. The van der Waals surface area contributed by atoms with Gasteiger partial charge in [0.15, 0.2) is 4.34 Å². The monoisotopic (exact) mass is 349 g/mol. The average Bonchev–Trinajstić information content (AvgIpc) is 2.90. The van der Waals surface area contributed by atoms with Crippen molar-refractivity contribution in [1.82, 2.24) is 15.5 Å². The fourth-order valence-corrected chi connectivity index (χ4v) is 4.24. The quantitative estimate of drug-likeness (QED) is 0.633. The Hall–Kier alpha value is -1.40. The second kappa shape index (κ2) is 7.93. The zero-order chi connectivity index (χ0) is 17.0. The van der Waals surface area contributed by atoms with Crippen molar-refractivity contribution in [2.45, 2.75) is 45.4 Å². The minimum Gasteiger partial charge on any atom is -0.352 e. The van der Waals surface area contributed by atoms with Crippen LogP contribution >= 0.6 is 23.1 Å². The van der Waals surface area contributed by atoms with E-state index in [-0.39, 0.29) is 5.91 Å². The van der Waals surface area contributed by atoms with Gasteiger partial charge in [-0.1, -0.05) is 29.2 Å². The van der Waals surface area contributed by atoms with Crippen LogP contribution in [0.25, 0.3) is 0 Å². The van der Waals surface area contributed by atoms with Crippen LogP contribution in [0.1, 0.15) is 44.0 Å². The molecule has 6 heteroatoms. The van der Waals surface area contributed by atoms with Gasteiger partial charge in [0.25, 0.3) is 5.91 Å². The number of amides is 1. The predicted molar refractivity (Wildman–Crippen MR) is 97.7 cm³/mol. The number of carbonyl (C=O) groups is 1. The Morgan fingerprint density at radius 2 is 1.78 bits per heavy atom. The van der Waals surface area contributed by atoms with Crippen molar-refractivity contribution < 1.29 is 4.79 Å². The van der Waals surface area contributed by atoms with E-state index in [1.54, 1.807) is 23.1 Å². The largest absolute Gasteiger partial charge is 0.352 e. The lowest BCUT2D eigenvalue weighted by atomic mass is 9.94. The van der Waals surface area contributed by atoms with Crippen LogP contribution in [0, 0.1) is 34.6 Å². The summed E-state index contributed by atoms with van der Waals surface area (Å²) in [6.45, 7) is 10.8. The third-order valence-electron chi connectivity index (χ3n) is 3.93. The van der Waals surface area contributed by atoms with Crippen molar-refractivity contribution >= 4 is 29.0 Å². The van der Waals surface area contributed by atoms with E-state index in [2.05, 4.69) is 35.4 Å². The molecule has 0 saturated heterocycles. The van der Waals surface area contributed by atoms with Gasteiger partial charge in [0.1, 0.15) is 5.01 Å². The van der Waals surface area contributed by atoms with Crippen molar-refractivity contribution in [2.24, 2.45) is 0 Å². The van der Waals surface area contributed by atoms with Crippen LogP contribution in [0.5, 0.6) is 0 Å². The third-order valence-corrected chi connectivity index (χ3v) is 5.99. The summed E-state index contributed by atoms with van der Waals surface area (Å²) in [4.78, 5) is 12.5. The van der Waals surface area contributed by atoms with Gasteiger partial charge in [0.2, 0.25) is 0 Å². The maximum atomic E-state index is 12.5. The van der Waals surface area contributed by atoms with Gasteiger partial charge in [0.05, 0.1) is 0 Å². The fraction of sp³-hybridized carbons (Fsp3) is 0.471. The first-order valence-corrected chi connectivity index (χ1v) is 9.49. The highest BCUT2D eigenvalue weighted by Crippen LogP contribution is 2.23. The second-order valence-electron chi connectivity index (χ2n) is 5.68. The van der Waals surface area contributed by atoms with Crippen LogP contribution < -0.4 is 5.32 Å². The van der Waals surface area contributed by atoms with Crippen molar-refractivity contribution in [3.63, 3.8) is 0 Å². The van der Waals surface area contributed by atoms with Gasteiger partial charge in [-0.2, -0.15) is 0 Å². The van der Waals surface area contributed by atoms with Crippen molar-refractivity contribution in [2.75, 3.05) is 12.3 Å². The van der Waals surface area contributed by atoms with E-state index in [0.717, 1.165) is 38.2 Å². The standard InChI is InChI=1S/C17H23N3OS2/c1-10-9-11(2)13(4)15(12(10)3)16(21)18-7-6-8-22-17-20-19-14(5)23-17/h9H,6-8H2,1-5H3,(H,18,21). The van der Waals surface area contributed by atoms with Gasteiger partial charge in [-0.3, -0.25) is 4.79 Å². The molecule has 4 nitrogen and oxygen atoms in total. The lowest BCUT2D eigenvalue weighted by Gasteiger charge is -2.15. The molecule has 124 valence electrons. The number of thioether (sulfide) groups is 1. The van der Waals surface area contributed by atoms with Crippen LogP contribution in [0.15, 0.2) is 10.4 Å². The van der Waals surface area contributed by atoms with Crippen molar-refractivity contribution in [1.29, 1.82) is 0 Å². The second-order valence-corrected chi connectivity index (χ2v) is 8.20. The van der Waals surface area contributed by atoms with Gasteiger partial charge < -0.3 is 5.32 Å². The Balaban J connectivity index is 1.86. The van der Waals surface area contributed by atoms with Crippen LogP contribution in [-0.4, -0.2) is 28.4 Å². The summed E-state index contributed by atoms with van der Waals surface area (Å²) in [7, 11) is 0. The summed E-state index contributed by atoms with van der Waals surface area (Å²) in [6.07, 6.45) is 0.915. The minimum absolute atomic E-state index is 0.0311. The Morgan fingerprint density at radius 3 is 2.35 bits per heavy atom. The van der Waals surface area contributed by atoms with E-state index in [0.29, 0.717) is 6.54 Å². The van der Waals surface area contributed by atoms with Gasteiger partial charge >= 0.3 is 0 Å².